The number of hydrogen-bond donors (Lipinski definition) is 3. The quantitative estimate of drug-likeness (QED) is 0.809. The molecule has 6 heteroatoms. The standard InChI is InChI=1S/C16H18F2N2O2/c1-16(2,22)11-7-12(13(21)8-19)20-15(14(11)18)9-3-5-10(17)6-4-9/h3-7,13,21-22H,8,19H2,1-2H3/t13-/m1/s1. The molecule has 0 aliphatic carbocycles. The van der Waals surface area contributed by atoms with Crippen LogP contribution in [-0.4, -0.2) is 21.7 Å². The molecular weight excluding hydrogens is 290 g/mol. The summed E-state index contributed by atoms with van der Waals surface area (Å²) in [7, 11) is 0. The molecule has 0 aliphatic rings. The average Bonchev–Trinajstić information content (AvgIpc) is 2.46. The lowest BCUT2D eigenvalue weighted by Crippen LogP contribution is -2.21. The smallest absolute Gasteiger partial charge is 0.155 e. The normalized spacial score (nSPS) is 13.2. The Bertz CT molecular complexity index is 667. The van der Waals surface area contributed by atoms with Crippen molar-refractivity contribution < 1.29 is 19.0 Å². The first-order chi connectivity index (χ1) is 10.2. The number of halogens is 2. The fraction of sp³-hybridized carbons (Fsp3) is 0.312. The summed E-state index contributed by atoms with van der Waals surface area (Å²) in [5.41, 5.74) is 4.37. The molecule has 0 bridgehead atoms. The SMILES string of the molecule is CC(C)(O)c1cc([C@H](O)CN)nc(-c2ccc(F)cc2)c1F. The molecule has 0 aliphatic heterocycles. The summed E-state index contributed by atoms with van der Waals surface area (Å²) in [6.07, 6.45) is -1.08. The Balaban J connectivity index is 2.69. The van der Waals surface area contributed by atoms with Gasteiger partial charge in [0.25, 0.3) is 0 Å². The number of aromatic nitrogens is 1. The molecule has 0 spiro atoms. The summed E-state index contributed by atoms with van der Waals surface area (Å²) >= 11 is 0. The highest BCUT2D eigenvalue weighted by molar-refractivity contribution is 5.61. The molecular formula is C16H18F2N2O2. The highest BCUT2D eigenvalue weighted by atomic mass is 19.1. The molecule has 4 N–H and O–H groups in total. The van der Waals surface area contributed by atoms with Gasteiger partial charge in [0.05, 0.1) is 11.3 Å². The van der Waals surface area contributed by atoms with Crippen molar-refractivity contribution in [3.63, 3.8) is 0 Å². The average molecular weight is 308 g/mol. The van der Waals surface area contributed by atoms with Gasteiger partial charge < -0.3 is 15.9 Å². The maximum absolute atomic E-state index is 14.7. The first-order valence-corrected chi connectivity index (χ1v) is 6.81. The Hall–Kier alpha value is -1.89. The van der Waals surface area contributed by atoms with E-state index in [0.717, 1.165) is 0 Å². The van der Waals surface area contributed by atoms with Crippen LogP contribution in [-0.2, 0) is 5.60 Å². The van der Waals surface area contributed by atoms with Crippen LogP contribution < -0.4 is 5.73 Å². The summed E-state index contributed by atoms with van der Waals surface area (Å²) in [6.45, 7) is 2.77. The molecule has 0 radical (unpaired) electrons. The molecule has 2 aromatic rings. The van der Waals surface area contributed by atoms with Crippen molar-refractivity contribution in [1.29, 1.82) is 0 Å². The van der Waals surface area contributed by atoms with Gasteiger partial charge in [0.15, 0.2) is 5.82 Å². The van der Waals surface area contributed by atoms with E-state index < -0.39 is 23.3 Å². The van der Waals surface area contributed by atoms with E-state index in [1.807, 2.05) is 0 Å². The Morgan fingerprint density at radius 2 is 1.82 bits per heavy atom. The van der Waals surface area contributed by atoms with Gasteiger partial charge in [0.2, 0.25) is 0 Å². The van der Waals surface area contributed by atoms with Gasteiger partial charge in [0.1, 0.15) is 17.6 Å². The Labute approximate surface area is 127 Å². The molecule has 0 saturated carbocycles. The van der Waals surface area contributed by atoms with Gasteiger partial charge in [-0.05, 0) is 44.2 Å². The number of nitrogens with two attached hydrogens (primary N) is 1. The van der Waals surface area contributed by atoms with Crippen molar-refractivity contribution in [3.8, 4) is 11.3 Å². The molecule has 22 heavy (non-hydrogen) atoms. The van der Waals surface area contributed by atoms with Crippen LogP contribution in [0.15, 0.2) is 30.3 Å². The number of benzene rings is 1. The highest BCUT2D eigenvalue weighted by Gasteiger charge is 2.26. The van der Waals surface area contributed by atoms with Gasteiger partial charge in [-0.1, -0.05) is 0 Å². The third kappa shape index (κ3) is 3.30. The van der Waals surface area contributed by atoms with Crippen molar-refractivity contribution in [2.75, 3.05) is 6.54 Å². The highest BCUT2D eigenvalue weighted by Crippen LogP contribution is 2.31. The molecule has 1 heterocycles. The zero-order valence-corrected chi connectivity index (χ0v) is 12.3. The van der Waals surface area contributed by atoms with Gasteiger partial charge in [0, 0.05) is 17.7 Å². The van der Waals surface area contributed by atoms with Gasteiger partial charge in [-0.3, -0.25) is 0 Å². The molecule has 0 amide bonds. The van der Waals surface area contributed by atoms with Crippen LogP contribution in [0.5, 0.6) is 0 Å². The van der Waals surface area contributed by atoms with E-state index in [2.05, 4.69) is 4.98 Å². The van der Waals surface area contributed by atoms with E-state index in [0.29, 0.717) is 5.56 Å². The van der Waals surface area contributed by atoms with E-state index in [-0.39, 0.29) is 23.5 Å². The zero-order valence-electron chi connectivity index (χ0n) is 12.3. The fourth-order valence-corrected chi connectivity index (χ4v) is 2.08. The second-order valence-electron chi connectivity index (χ2n) is 5.57. The van der Waals surface area contributed by atoms with Crippen LogP contribution in [0.2, 0.25) is 0 Å². The lowest BCUT2D eigenvalue weighted by Gasteiger charge is -2.22. The maximum Gasteiger partial charge on any atom is 0.155 e. The second kappa shape index (κ2) is 6.08. The van der Waals surface area contributed by atoms with Gasteiger partial charge in [-0.15, -0.1) is 0 Å². The first kappa shape index (κ1) is 16.5. The molecule has 1 aromatic heterocycles. The lowest BCUT2D eigenvalue weighted by molar-refractivity contribution is 0.0739. The van der Waals surface area contributed by atoms with Crippen molar-refractivity contribution >= 4 is 0 Å². The first-order valence-electron chi connectivity index (χ1n) is 6.81. The Morgan fingerprint density at radius 1 is 1.23 bits per heavy atom. The molecule has 2 rings (SSSR count). The van der Waals surface area contributed by atoms with Crippen LogP contribution in [0.4, 0.5) is 8.78 Å². The van der Waals surface area contributed by atoms with E-state index in [1.165, 1.54) is 44.2 Å². The predicted octanol–water partition coefficient (Wildman–Crippen LogP) is 2.25. The third-order valence-electron chi connectivity index (χ3n) is 3.32. The number of aliphatic hydroxyl groups excluding tert-OH is 1. The zero-order chi connectivity index (χ0) is 16.5. The van der Waals surface area contributed by atoms with Crippen LogP contribution in [0.1, 0.15) is 31.2 Å². The predicted molar refractivity (Wildman–Crippen MR) is 78.8 cm³/mol. The van der Waals surface area contributed by atoms with E-state index in [1.54, 1.807) is 0 Å². The summed E-state index contributed by atoms with van der Waals surface area (Å²) in [4.78, 5) is 4.08. The monoisotopic (exact) mass is 308 g/mol. The molecule has 1 atom stereocenters. The van der Waals surface area contributed by atoms with Crippen molar-refractivity contribution in [3.05, 3.63) is 53.2 Å². The Kier molecular flexibility index (Phi) is 4.55. The van der Waals surface area contributed by atoms with Gasteiger partial charge >= 0.3 is 0 Å². The fourth-order valence-electron chi connectivity index (χ4n) is 2.08. The number of aliphatic hydroxyl groups is 2. The van der Waals surface area contributed by atoms with Gasteiger partial charge in [-0.2, -0.15) is 0 Å². The molecule has 0 unspecified atom stereocenters. The van der Waals surface area contributed by atoms with E-state index >= 15 is 0 Å². The summed E-state index contributed by atoms with van der Waals surface area (Å²) in [5, 5.41) is 20.0. The van der Waals surface area contributed by atoms with E-state index in [9.17, 15) is 19.0 Å². The molecule has 118 valence electrons. The number of nitrogens with zero attached hydrogens (tertiary/aromatic N) is 1. The van der Waals surface area contributed by atoms with Crippen LogP contribution >= 0.6 is 0 Å². The minimum Gasteiger partial charge on any atom is -0.386 e. The lowest BCUT2D eigenvalue weighted by atomic mass is 9.94. The molecule has 4 nitrogen and oxygen atoms in total. The largest absolute Gasteiger partial charge is 0.386 e. The summed E-state index contributed by atoms with van der Waals surface area (Å²) in [5.74, 6) is -1.17. The van der Waals surface area contributed by atoms with Gasteiger partial charge in [-0.25, -0.2) is 13.8 Å². The molecule has 0 saturated heterocycles. The minimum absolute atomic E-state index is 0.00988. The van der Waals surface area contributed by atoms with Crippen molar-refractivity contribution in [1.82, 2.24) is 4.98 Å². The van der Waals surface area contributed by atoms with Crippen molar-refractivity contribution in [2.45, 2.75) is 25.6 Å². The van der Waals surface area contributed by atoms with Crippen LogP contribution in [0.3, 0.4) is 0 Å². The van der Waals surface area contributed by atoms with E-state index in [4.69, 9.17) is 5.73 Å². The summed E-state index contributed by atoms with van der Waals surface area (Å²) in [6, 6.07) is 6.43. The Morgan fingerprint density at radius 3 is 2.32 bits per heavy atom. The summed E-state index contributed by atoms with van der Waals surface area (Å²) < 4.78 is 27.7. The van der Waals surface area contributed by atoms with Crippen LogP contribution in [0, 0.1) is 11.6 Å². The number of hydrogen-bond acceptors (Lipinski definition) is 4. The number of rotatable bonds is 4. The third-order valence-corrected chi connectivity index (χ3v) is 3.32. The number of pyridine rings is 1. The molecule has 1 aromatic carbocycles. The maximum atomic E-state index is 14.7. The minimum atomic E-state index is -1.47. The van der Waals surface area contributed by atoms with Crippen LogP contribution in [0.25, 0.3) is 11.3 Å². The topological polar surface area (TPSA) is 79.4 Å². The second-order valence-corrected chi connectivity index (χ2v) is 5.57. The van der Waals surface area contributed by atoms with Crippen molar-refractivity contribution in [2.24, 2.45) is 5.73 Å². The molecule has 0 fully saturated rings.